The lowest BCUT2D eigenvalue weighted by Gasteiger charge is -2.34. The normalized spacial score (nSPS) is 20.8. The van der Waals surface area contributed by atoms with Crippen LogP contribution in [-0.2, 0) is 22.6 Å². The summed E-state index contributed by atoms with van der Waals surface area (Å²) < 4.78 is 17.9. The van der Waals surface area contributed by atoms with Crippen LogP contribution in [0.3, 0.4) is 0 Å². The molecule has 5 rings (SSSR count). The Bertz CT molecular complexity index is 1100. The van der Waals surface area contributed by atoms with E-state index in [1.807, 2.05) is 48.5 Å². The summed E-state index contributed by atoms with van der Waals surface area (Å²) in [4.78, 5) is 4.67. The summed E-state index contributed by atoms with van der Waals surface area (Å²) in [7, 11) is 0. The maximum absolute atomic E-state index is 11.0. The minimum atomic E-state index is -0.613. The zero-order chi connectivity index (χ0) is 26.2. The SMILES string of the molecule is CC1CCCCN1c1onc(-c2ccccc2)c1CN(CC(O)COCc1ccccc1)CC1CCCO1. The summed E-state index contributed by atoms with van der Waals surface area (Å²) in [5, 5.41) is 15.6. The lowest BCUT2D eigenvalue weighted by Crippen LogP contribution is -2.40. The van der Waals surface area contributed by atoms with Gasteiger partial charge in [0, 0.05) is 44.4 Å². The van der Waals surface area contributed by atoms with Crippen molar-refractivity contribution in [3.63, 3.8) is 0 Å². The third kappa shape index (κ3) is 7.03. The van der Waals surface area contributed by atoms with Gasteiger partial charge in [-0.3, -0.25) is 4.90 Å². The van der Waals surface area contributed by atoms with Crippen LogP contribution in [0.2, 0.25) is 0 Å². The van der Waals surface area contributed by atoms with Crippen LogP contribution in [0, 0.1) is 0 Å². The van der Waals surface area contributed by atoms with Gasteiger partial charge in [-0.2, -0.15) is 0 Å². The second kappa shape index (κ2) is 13.4. The molecule has 3 aromatic rings. The molecule has 0 amide bonds. The van der Waals surface area contributed by atoms with Crippen molar-refractivity contribution in [2.24, 2.45) is 0 Å². The number of hydrogen-bond donors (Lipinski definition) is 1. The molecule has 2 fully saturated rings. The molecule has 0 spiro atoms. The zero-order valence-corrected chi connectivity index (χ0v) is 22.5. The Kier molecular flexibility index (Phi) is 9.47. The molecular formula is C31H41N3O4. The van der Waals surface area contributed by atoms with Crippen LogP contribution in [0.25, 0.3) is 11.3 Å². The molecule has 0 saturated carbocycles. The fraction of sp³-hybridized carbons (Fsp3) is 0.516. The van der Waals surface area contributed by atoms with E-state index in [9.17, 15) is 5.11 Å². The molecule has 2 aliphatic rings. The van der Waals surface area contributed by atoms with Crippen molar-refractivity contribution < 1.29 is 19.1 Å². The van der Waals surface area contributed by atoms with Gasteiger partial charge in [-0.15, -0.1) is 0 Å². The number of rotatable bonds is 12. The van der Waals surface area contributed by atoms with Crippen molar-refractivity contribution in [1.82, 2.24) is 10.1 Å². The lowest BCUT2D eigenvalue weighted by molar-refractivity contribution is -0.00285. The molecule has 0 aliphatic carbocycles. The van der Waals surface area contributed by atoms with Crippen LogP contribution >= 0.6 is 0 Å². The fourth-order valence-electron chi connectivity index (χ4n) is 5.63. The summed E-state index contributed by atoms with van der Waals surface area (Å²) in [6, 6.07) is 20.7. The minimum Gasteiger partial charge on any atom is -0.389 e. The highest BCUT2D eigenvalue weighted by atomic mass is 16.5. The molecule has 3 atom stereocenters. The zero-order valence-electron chi connectivity index (χ0n) is 22.5. The van der Waals surface area contributed by atoms with E-state index in [-0.39, 0.29) is 12.7 Å². The lowest BCUT2D eigenvalue weighted by atomic mass is 10.0. The van der Waals surface area contributed by atoms with Gasteiger partial charge in [-0.05, 0) is 44.6 Å². The Balaban J connectivity index is 1.35. The van der Waals surface area contributed by atoms with Gasteiger partial charge >= 0.3 is 0 Å². The van der Waals surface area contributed by atoms with E-state index in [0.29, 0.717) is 25.7 Å². The third-order valence-corrected chi connectivity index (χ3v) is 7.64. The van der Waals surface area contributed by atoms with Gasteiger partial charge < -0.3 is 24.0 Å². The van der Waals surface area contributed by atoms with Crippen molar-refractivity contribution in [1.29, 1.82) is 0 Å². The van der Waals surface area contributed by atoms with E-state index in [0.717, 1.165) is 73.6 Å². The quantitative estimate of drug-likeness (QED) is 0.349. The van der Waals surface area contributed by atoms with Crippen LogP contribution in [-0.4, -0.2) is 66.3 Å². The molecule has 3 unspecified atom stereocenters. The summed E-state index contributed by atoms with van der Waals surface area (Å²) in [6.45, 7) is 6.69. The van der Waals surface area contributed by atoms with E-state index in [2.05, 4.69) is 34.0 Å². The Labute approximate surface area is 226 Å². The second-order valence-corrected chi connectivity index (χ2v) is 10.7. The van der Waals surface area contributed by atoms with Gasteiger partial charge in [-0.25, -0.2) is 0 Å². The average Bonchev–Trinajstić information content (AvgIpc) is 3.60. The minimum absolute atomic E-state index is 0.171. The van der Waals surface area contributed by atoms with E-state index < -0.39 is 6.10 Å². The number of aliphatic hydroxyl groups is 1. The van der Waals surface area contributed by atoms with Crippen LogP contribution < -0.4 is 4.90 Å². The predicted molar refractivity (Wildman–Crippen MR) is 149 cm³/mol. The van der Waals surface area contributed by atoms with E-state index in [1.165, 1.54) is 6.42 Å². The molecule has 204 valence electrons. The van der Waals surface area contributed by atoms with E-state index in [4.69, 9.17) is 14.0 Å². The first-order valence-corrected chi connectivity index (χ1v) is 14.1. The standard InChI is InChI=1S/C31H41N3O4/c1-24-11-8-9-17-34(24)31-29(30(32-38-31)26-14-6-3-7-15-26)21-33(20-28-16-10-18-37-28)19-27(35)23-36-22-25-12-4-2-5-13-25/h2-7,12-15,24,27-28,35H,8-11,16-23H2,1H3. The maximum atomic E-state index is 11.0. The summed E-state index contributed by atoms with van der Waals surface area (Å²) in [5.74, 6) is 0.864. The molecule has 0 bridgehead atoms. The van der Waals surface area contributed by atoms with Crippen molar-refractivity contribution in [3.8, 4) is 11.3 Å². The number of hydrogen-bond acceptors (Lipinski definition) is 7. The molecule has 3 heterocycles. The number of ether oxygens (including phenoxy) is 2. The number of nitrogens with zero attached hydrogens (tertiary/aromatic N) is 3. The molecule has 0 radical (unpaired) electrons. The highest BCUT2D eigenvalue weighted by Crippen LogP contribution is 2.35. The maximum Gasteiger partial charge on any atom is 0.232 e. The van der Waals surface area contributed by atoms with Gasteiger partial charge in [0.2, 0.25) is 5.88 Å². The molecule has 1 N–H and O–H groups in total. The largest absolute Gasteiger partial charge is 0.389 e. The van der Waals surface area contributed by atoms with E-state index in [1.54, 1.807) is 0 Å². The molecular weight excluding hydrogens is 478 g/mol. The molecule has 2 saturated heterocycles. The third-order valence-electron chi connectivity index (χ3n) is 7.64. The van der Waals surface area contributed by atoms with Gasteiger partial charge in [0.05, 0.1) is 31.0 Å². The van der Waals surface area contributed by atoms with Crippen molar-refractivity contribution in [2.75, 3.05) is 37.7 Å². The fourth-order valence-corrected chi connectivity index (χ4v) is 5.63. The summed E-state index contributed by atoms with van der Waals surface area (Å²) in [6.07, 6.45) is 5.23. The Morgan fingerprint density at radius 3 is 2.58 bits per heavy atom. The molecule has 38 heavy (non-hydrogen) atoms. The van der Waals surface area contributed by atoms with Crippen LogP contribution in [0.5, 0.6) is 0 Å². The molecule has 1 aromatic heterocycles. The smallest absolute Gasteiger partial charge is 0.232 e. The number of aromatic nitrogens is 1. The van der Waals surface area contributed by atoms with Gasteiger partial charge in [0.1, 0.15) is 5.69 Å². The van der Waals surface area contributed by atoms with Crippen molar-refractivity contribution in [3.05, 3.63) is 71.8 Å². The van der Waals surface area contributed by atoms with Crippen molar-refractivity contribution in [2.45, 2.75) is 70.4 Å². The Morgan fingerprint density at radius 2 is 1.84 bits per heavy atom. The van der Waals surface area contributed by atoms with Crippen molar-refractivity contribution >= 4 is 5.88 Å². The van der Waals surface area contributed by atoms with Gasteiger partial charge in [0.25, 0.3) is 0 Å². The monoisotopic (exact) mass is 519 g/mol. The van der Waals surface area contributed by atoms with Crippen LogP contribution in [0.15, 0.2) is 65.2 Å². The first-order valence-electron chi connectivity index (χ1n) is 14.1. The predicted octanol–water partition coefficient (Wildman–Crippen LogP) is 5.28. The van der Waals surface area contributed by atoms with Crippen LogP contribution in [0.4, 0.5) is 5.88 Å². The molecule has 2 aromatic carbocycles. The number of anilines is 1. The average molecular weight is 520 g/mol. The van der Waals surface area contributed by atoms with Gasteiger partial charge in [-0.1, -0.05) is 65.8 Å². The first-order chi connectivity index (χ1) is 18.7. The Morgan fingerprint density at radius 1 is 1.05 bits per heavy atom. The molecule has 7 nitrogen and oxygen atoms in total. The van der Waals surface area contributed by atoms with Gasteiger partial charge in [0.15, 0.2) is 0 Å². The number of piperidine rings is 1. The van der Waals surface area contributed by atoms with E-state index >= 15 is 0 Å². The Hall–Kier alpha value is -2.71. The number of benzene rings is 2. The highest BCUT2D eigenvalue weighted by Gasteiger charge is 2.30. The van der Waals surface area contributed by atoms with Crippen LogP contribution in [0.1, 0.15) is 50.2 Å². The molecule has 7 heteroatoms. The summed E-state index contributed by atoms with van der Waals surface area (Å²) >= 11 is 0. The first kappa shape index (κ1) is 26.9. The molecule has 2 aliphatic heterocycles. The second-order valence-electron chi connectivity index (χ2n) is 10.7. The number of aliphatic hydroxyl groups excluding tert-OH is 1. The summed E-state index contributed by atoms with van der Waals surface area (Å²) in [5.41, 5.74) is 4.12. The topological polar surface area (TPSA) is 71.2 Å². The highest BCUT2D eigenvalue weighted by molar-refractivity contribution is 5.68.